The van der Waals surface area contributed by atoms with Gasteiger partial charge in [0.25, 0.3) is 0 Å². The molecule has 1 N–H and O–H groups in total. The minimum Gasteiger partial charge on any atom is -0.356 e. The van der Waals surface area contributed by atoms with Crippen LogP contribution in [-0.2, 0) is 11.2 Å². The van der Waals surface area contributed by atoms with Gasteiger partial charge in [-0.2, -0.15) is 0 Å². The summed E-state index contributed by atoms with van der Waals surface area (Å²) in [6, 6.07) is 5.80. The molecular formula is C15H19N3OS. The molecule has 2 rings (SSSR count). The molecule has 0 saturated carbocycles. The summed E-state index contributed by atoms with van der Waals surface area (Å²) in [6.45, 7) is 4.72. The van der Waals surface area contributed by atoms with Gasteiger partial charge in [-0.3, -0.25) is 9.78 Å². The summed E-state index contributed by atoms with van der Waals surface area (Å²) >= 11 is 1.59. The summed E-state index contributed by atoms with van der Waals surface area (Å²) in [5.41, 5.74) is 1.90. The van der Waals surface area contributed by atoms with E-state index < -0.39 is 0 Å². The lowest BCUT2D eigenvalue weighted by Crippen LogP contribution is -2.26. The molecule has 0 aliphatic heterocycles. The van der Waals surface area contributed by atoms with Gasteiger partial charge in [0.05, 0.1) is 11.4 Å². The number of carbonyl (C=O) groups is 1. The van der Waals surface area contributed by atoms with Gasteiger partial charge in [-0.05, 0) is 18.1 Å². The lowest BCUT2D eigenvalue weighted by molar-refractivity contribution is -0.121. The number of nitrogens with zero attached hydrogens (tertiary/aromatic N) is 2. The van der Waals surface area contributed by atoms with Crippen LogP contribution in [0.5, 0.6) is 0 Å². The molecule has 0 atom stereocenters. The van der Waals surface area contributed by atoms with E-state index in [4.69, 9.17) is 0 Å². The number of hydrogen-bond acceptors (Lipinski definition) is 4. The largest absolute Gasteiger partial charge is 0.356 e. The Labute approximate surface area is 123 Å². The van der Waals surface area contributed by atoms with Crippen LogP contribution in [0.15, 0.2) is 29.8 Å². The van der Waals surface area contributed by atoms with Crippen LogP contribution in [0.3, 0.4) is 0 Å². The van der Waals surface area contributed by atoms with Crippen molar-refractivity contribution in [2.75, 3.05) is 6.54 Å². The highest BCUT2D eigenvalue weighted by atomic mass is 32.1. The molecule has 2 aromatic heterocycles. The molecule has 0 bridgehead atoms. The highest BCUT2D eigenvalue weighted by Crippen LogP contribution is 2.21. The highest BCUT2D eigenvalue weighted by molar-refractivity contribution is 7.13. The fraction of sp³-hybridized carbons (Fsp3) is 0.400. The maximum atomic E-state index is 11.5. The predicted octanol–water partition coefficient (Wildman–Crippen LogP) is 2.91. The smallest absolute Gasteiger partial charge is 0.220 e. The molecule has 20 heavy (non-hydrogen) atoms. The zero-order valence-corrected chi connectivity index (χ0v) is 12.6. The Bertz CT molecular complexity index is 551. The van der Waals surface area contributed by atoms with Crippen LogP contribution in [-0.4, -0.2) is 22.4 Å². The first-order chi connectivity index (χ1) is 9.65. The Hall–Kier alpha value is -1.75. The maximum Gasteiger partial charge on any atom is 0.220 e. The zero-order chi connectivity index (χ0) is 14.4. The molecule has 0 spiro atoms. The van der Waals surface area contributed by atoms with E-state index in [1.807, 2.05) is 37.4 Å². The third-order valence-electron chi connectivity index (χ3n) is 2.73. The quantitative estimate of drug-likeness (QED) is 0.889. The predicted molar refractivity (Wildman–Crippen MR) is 81.5 cm³/mol. The van der Waals surface area contributed by atoms with E-state index in [0.717, 1.165) is 22.8 Å². The Morgan fingerprint density at radius 2 is 2.25 bits per heavy atom. The highest BCUT2D eigenvalue weighted by Gasteiger charge is 2.07. The van der Waals surface area contributed by atoms with E-state index >= 15 is 0 Å². The molecule has 0 aromatic carbocycles. The second-order valence-corrected chi connectivity index (χ2v) is 5.92. The monoisotopic (exact) mass is 289 g/mol. The van der Waals surface area contributed by atoms with Gasteiger partial charge >= 0.3 is 0 Å². The van der Waals surface area contributed by atoms with E-state index in [2.05, 4.69) is 15.3 Å². The molecule has 2 heterocycles. The molecule has 5 heteroatoms. The Morgan fingerprint density at radius 3 is 2.95 bits per heavy atom. The Morgan fingerprint density at radius 1 is 1.40 bits per heavy atom. The van der Waals surface area contributed by atoms with Crippen molar-refractivity contribution in [1.82, 2.24) is 15.3 Å². The number of rotatable bonds is 6. The van der Waals surface area contributed by atoms with Gasteiger partial charge in [0, 0.05) is 31.0 Å². The molecule has 0 aliphatic carbocycles. The number of thiazole rings is 1. The van der Waals surface area contributed by atoms with Crippen LogP contribution < -0.4 is 5.32 Å². The van der Waals surface area contributed by atoms with E-state index in [1.165, 1.54) is 0 Å². The average Bonchev–Trinajstić information content (AvgIpc) is 2.88. The first-order valence-electron chi connectivity index (χ1n) is 6.77. The third-order valence-corrected chi connectivity index (χ3v) is 3.65. The summed E-state index contributed by atoms with van der Waals surface area (Å²) < 4.78 is 0. The van der Waals surface area contributed by atoms with Gasteiger partial charge < -0.3 is 5.32 Å². The van der Waals surface area contributed by atoms with Gasteiger partial charge in [-0.1, -0.05) is 19.9 Å². The van der Waals surface area contributed by atoms with Crippen LogP contribution in [0.25, 0.3) is 10.7 Å². The standard InChI is InChI=1S/C15H19N3OS/c1-11(2)9-14(19)17-8-6-12-10-20-15(18-12)13-5-3-4-7-16-13/h3-5,7,10-11H,6,8-9H2,1-2H3,(H,17,19). The summed E-state index contributed by atoms with van der Waals surface area (Å²) in [4.78, 5) is 20.4. The van der Waals surface area contributed by atoms with Crippen molar-refractivity contribution in [2.24, 2.45) is 5.92 Å². The van der Waals surface area contributed by atoms with Gasteiger partial charge in [-0.25, -0.2) is 4.98 Å². The molecule has 106 valence electrons. The van der Waals surface area contributed by atoms with Gasteiger partial charge in [0.15, 0.2) is 0 Å². The van der Waals surface area contributed by atoms with E-state index in [9.17, 15) is 4.79 Å². The number of amides is 1. The van der Waals surface area contributed by atoms with Gasteiger partial charge in [0.2, 0.25) is 5.91 Å². The molecule has 2 aromatic rings. The van der Waals surface area contributed by atoms with Crippen molar-refractivity contribution in [3.63, 3.8) is 0 Å². The van der Waals surface area contributed by atoms with Crippen LogP contribution in [0.2, 0.25) is 0 Å². The second kappa shape index (κ2) is 7.14. The molecule has 0 saturated heterocycles. The first kappa shape index (κ1) is 14.7. The van der Waals surface area contributed by atoms with E-state index in [1.54, 1.807) is 17.5 Å². The fourth-order valence-corrected chi connectivity index (χ4v) is 2.63. The number of carbonyl (C=O) groups excluding carboxylic acids is 1. The van der Waals surface area contributed by atoms with E-state index in [-0.39, 0.29) is 5.91 Å². The lowest BCUT2D eigenvalue weighted by atomic mass is 10.1. The molecule has 0 unspecified atom stereocenters. The number of nitrogens with one attached hydrogen (secondary N) is 1. The minimum absolute atomic E-state index is 0.111. The Kier molecular flexibility index (Phi) is 5.24. The lowest BCUT2D eigenvalue weighted by Gasteiger charge is -2.05. The minimum atomic E-state index is 0.111. The summed E-state index contributed by atoms with van der Waals surface area (Å²) in [6.07, 6.45) is 3.10. The normalized spacial score (nSPS) is 10.8. The van der Waals surface area contributed by atoms with Crippen molar-refractivity contribution < 1.29 is 4.79 Å². The van der Waals surface area contributed by atoms with Gasteiger partial charge in [-0.15, -0.1) is 11.3 Å². The summed E-state index contributed by atoms with van der Waals surface area (Å²) in [5, 5.41) is 5.87. The van der Waals surface area contributed by atoms with Crippen molar-refractivity contribution in [3.8, 4) is 10.7 Å². The molecule has 4 nitrogen and oxygen atoms in total. The fourth-order valence-electron chi connectivity index (χ4n) is 1.80. The molecule has 0 fully saturated rings. The van der Waals surface area contributed by atoms with Crippen molar-refractivity contribution in [2.45, 2.75) is 26.7 Å². The molecular weight excluding hydrogens is 270 g/mol. The van der Waals surface area contributed by atoms with Crippen LogP contribution >= 0.6 is 11.3 Å². The molecule has 0 aliphatic rings. The second-order valence-electron chi connectivity index (χ2n) is 5.06. The summed E-state index contributed by atoms with van der Waals surface area (Å²) in [5.74, 6) is 0.505. The van der Waals surface area contributed by atoms with Crippen molar-refractivity contribution in [1.29, 1.82) is 0 Å². The topological polar surface area (TPSA) is 54.9 Å². The van der Waals surface area contributed by atoms with Gasteiger partial charge in [0.1, 0.15) is 5.01 Å². The average molecular weight is 289 g/mol. The Balaban J connectivity index is 1.83. The maximum absolute atomic E-state index is 11.5. The molecule has 0 radical (unpaired) electrons. The SMILES string of the molecule is CC(C)CC(=O)NCCc1csc(-c2ccccn2)n1. The molecule has 1 amide bonds. The zero-order valence-electron chi connectivity index (χ0n) is 11.8. The number of hydrogen-bond donors (Lipinski definition) is 1. The van der Waals surface area contributed by atoms with Crippen LogP contribution in [0.4, 0.5) is 0 Å². The van der Waals surface area contributed by atoms with Crippen LogP contribution in [0.1, 0.15) is 26.0 Å². The van der Waals surface area contributed by atoms with E-state index in [0.29, 0.717) is 18.9 Å². The third kappa shape index (κ3) is 4.42. The number of aromatic nitrogens is 2. The summed E-state index contributed by atoms with van der Waals surface area (Å²) in [7, 11) is 0. The number of pyridine rings is 1. The first-order valence-corrected chi connectivity index (χ1v) is 7.65. The van der Waals surface area contributed by atoms with Crippen molar-refractivity contribution in [3.05, 3.63) is 35.5 Å². The van der Waals surface area contributed by atoms with Crippen molar-refractivity contribution >= 4 is 17.2 Å². The van der Waals surface area contributed by atoms with Crippen LogP contribution in [0, 0.1) is 5.92 Å².